The first-order valence-electron chi connectivity index (χ1n) is 6.15. The fourth-order valence-electron chi connectivity index (χ4n) is 2.29. The number of hydrogen-bond donors (Lipinski definition) is 1. The molecule has 3 nitrogen and oxygen atoms in total. The number of rotatable bonds is 4. The summed E-state index contributed by atoms with van der Waals surface area (Å²) in [6.07, 6.45) is 2.92. The van der Waals surface area contributed by atoms with Crippen molar-refractivity contribution in [2.75, 3.05) is 0 Å². The van der Waals surface area contributed by atoms with Crippen LogP contribution in [0, 0.1) is 5.92 Å². The van der Waals surface area contributed by atoms with Crippen molar-refractivity contribution >= 4 is 5.91 Å². The van der Waals surface area contributed by atoms with E-state index in [0.29, 0.717) is 0 Å². The first kappa shape index (κ1) is 12.0. The highest BCUT2D eigenvalue weighted by atomic mass is 16.5. The molecule has 1 aliphatic rings. The van der Waals surface area contributed by atoms with Crippen LogP contribution in [0.4, 0.5) is 0 Å². The first-order chi connectivity index (χ1) is 8.08. The standard InChI is InChI=1S/C14H19NO2/c1-9(2)13(14(15)16)17-12-7-6-10-4-3-5-11(10)8-12/h6-9,13H,3-5H2,1-2H3,(H2,15,16). The summed E-state index contributed by atoms with van der Waals surface area (Å²) in [5, 5.41) is 0. The average molecular weight is 233 g/mol. The third-order valence-corrected chi connectivity index (χ3v) is 3.22. The van der Waals surface area contributed by atoms with Gasteiger partial charge in [-0.05, 0) is 48.4 Å². The molecule has 92 valence electrons. The molecule has 2 rings (SSSR count). The maximum absolute atomic E-state index is 11.3. The number of fused-ring (bicyclic) bond motifs is 1. The van der Waals surface area contributed by atoms with Gasteiger partial charge >= 0.3 is 0 Å². The van der Waals surface area contributed by atoms with Gasteiger partial charge in [0, 0.05) is 0 Å². The smallest absolute Gasteiger partial charge is 0.258 e. The van der Waals surface area contributed by atoms with Crippen LogP contribution in [0.5, 0.6) is 5.75 Å². The first-order valence-corrected chi connectivity index (χ1v) is 6.15. The van der Waals surface area contributed by atoms with Crippen LogP contribution >= 0.6 is 0 Å². The maximum atomic E-state index is 11.3. The van der Waals surface area contributed by atoms with E-state index in [2.05, 4.69) is 6.07 Å². The molecule has 0 aromatic heterocycles. The average Bonchev–Trinajstić information content (AvgIpc) is 2.71. The van der Waals surface area contributed by atoms with E-state index >= 15 is 0 Å². The van der Waals surface area contributed by atoms with Crippen molar-refractivity contribution in [1.82, 2.24) is 0 Å². The number of carbonyl (C=O) groups is 1. The van der Waals surface area contributed by atoms with Crippen LogP contribution in [0.15, 0.2) is 18.2 Å². The SMILES string of the molecule is CC(C)C(Oc1ccc2c(c1)CCC2)C(N)=O. The summed E-state index contributed by atoms with van der Waals surface area (Å²) in [6.45, 7) is 3.87. The van der Waals surface area contributed by atoms with Gasteiger partial charge in [-0.1, -0.05) is 19.9 Å². The highest BCUT2D eigenvalue weighted by Crippen LogP contribution is 2.27. The predicted octanol–water partition coefficient (Wildman–Crippen LogP) is 2.06. The van der Waals surface area contributed by atoms with E-state index in [9.17, 15) is 4.79 Å². The van der Waals surface area contributed by atoms with Crippen molar-refractivity contribution < 1.29 is 9.53 Å². The zero-order valence-corrected chi connectivity index (χ0v) is 10.4. The van der Waals surface area contributed by atoms with Crippen molar-refractivity contribution in [2.45, 2.75) is 39.2 Å². The highest BCUT2D eigenvalue weighted by molar-refractivity contribution is 5.79. The third-order valence-electron chi connectivity index (χ3n) is 3.22. The number of aryl methyl sites for hydroxylation is 2. The molecular formula is C14H19NO2. The molecule has 1 aromatic carbocycles. The van der Waals surface area contributed by atoms with E-state index in [0.717, 1.165) is 18.6 Å². The Morgan fingerprint density at radius 1 is 1.29 bits per heavy atom. The number of carbonyl (C=O) groups excluding carboxylic acids is 1. The van der Waals surface area contributed by atoms with Gasteiger partial charge in [-0.2, -0.15) is 0 Å². The second kappa shape index (κ2) is 4.78. The van der Waals surface area contributed by atoms with Crippen LogP contribution in [-0.4, -0.2) is 12.0 Å². The molecule has 2 N–H and O–H groups in total. The largest absolute Gasteiger partial charge is 0.480 e. The minimum absolute atomic E-state index is 0.0840. The van der Waals surface area contributed by atoms with Gasteiger partial charge in [0.2, 0.25) is 0 Å². The molecule has 0 fully saturated rings. The summed E-state index contributed by atoms with van der Waals surface area (Å²) in [5.41, 5.74) is 8.08. The fourth-order valence-corrected chi connectivity index (χ4v) is 2.29. The summed E-state index contributed by atoms with van der Waals surface area (Å²) in [6, 6.07) is 6.07. The molecule has 0 heterocycles. The predicted molar refractivity (Wildman–Crippen MR) is 66.9 cm³/mol. The van der Waals surface area contributed by atoms with Gasteiger partial charge in [0.05, 0.1) is 0 Å². The van der Waals surface area contributed by atoms with Crippen LogP contribution in [0.25, 0.3) is 0 Å². The Morgan fingerprint density at radius 2 is 2.00 bits per heavy atom. The topological polar surface area (TPSA) is 52.3 Å². The van der Waals surface area contributed by atoms with Gasteiger partial charge in [-0.25, -0.2) is 0 Å². The number of benzene rings is 1. The summed E-state index contributed by atoms with van der Waals surface area (Å²) in [5.74, 6) is 0.435. The summed E-state index contributed by atoms with van der Waals surface area (Å²) in [7, 11) is 0. The molecule has 1 atom stereocenters. The summed E-state index contributed by atoms with van der Waals surface area (Å²) >= 11 is 0. The second-order valence-electron chi connectivity index (χ2n) is 4.97. The lowest BCUT2D eigenvalue weighted by molar-refractivity contribution is -0.126. The number of hydrogen-bond acceptors (Lipinski definition) is 2. The third kappa shape index (κ3) is 2.60. The molecule has 3 heteroatoms. The van der Waals surface area contributed by atoms with Crippen LogP contribution in [0.2, 0.25) is 0 Å². The lowest BCUT2D eigenvalue weighted by Crippen LogP contribution is -2.37. The lowest BCUT2D eigenvalue weighted by Gasteiger charge is -2.19. The Kier molecular flexibility index (Phi) is 3.36. The minimum Gasteiger partial charge on any atom is -0.480 e. The van der Waals surface area contributed by atoms with Crippen molar-refractivity contribution in [1.29, 1.82) is 0 Å². The Balaban J connectivity index is 2.15. The van der Waals surface area contributed by atoms with Gasteiger partial charge in [0.25, 0.3) is 5.91 Å². The number of nitrogens with two attached hydrogens (primary N) is 1. The minimum atomic E-state index is -0.547. The van der Waals surface area contributed by atoms with Gasteiger partial charge in [0.15, 0.2) is 6.10 Å². The number of primary amides is 1. The van der Waals surface area contributed by atoms with Crippen molar-refractivity contribution in [3.8, 4) is 5.75 Å². The molecule has 0 bridgehead atoms. The summed E-state index contributed by atoms with van der Waals surface area (Å²) < 4.78 is 5.69. The Labute approximate surface area is 102 Å². The van der Waals surface area contributed by atoms with Crippen molar-refractivity contribution in [2.24, 2.45) is 11.7 Å². The fraction of sp³-hybridized carbons (Fsp3) is 0.500. The van der Waals surface area contributed by atoms with Crippen LogP contribution in [0.1, 0.15) is 31.4 Å². The molecule has 0 spiro atoms. The molecule has 0 saturated heterocycles. The number of ether oxygens (including phenoxy) is 1. The molecule has 1 aromatic rings. The molecule has 0 saturated carbocycles. The molecular weight excluding hydrogens is 214 g/mol. The van der Waals surface area contributed by atoms with Crippen LogP contribution in [-0.2, 0) is 17.6 Å². The van der Waals surface area contributed by atoms with E-state index in [1.54, 1.807) is 0 Å². The van der Waals surface area contributed by atoms with Gasteiger partial charge in [0.1, 0.15) is 5.75 Å². The van der Waals surface area contributed by atoms with E-state index in [4.69, 9.17) is 10.5 Å². The maximum Gasteiger partial charge on any atom is 0.258 e. The molecule has 1 unspecified atom stereocenters. The molecule has 1 amide bonds. The normalized spacial score (nSPS) is 15.7. The van der Waals surface area contributed by atoms with Gasteiger partial charge < -0.3 is 10.5 Å². The zero-order valence-electron chi connectivity index (χ0n) is 10.4. The lowest BCUT2D eigenvalue weighted by atomic mass is 10.1. The molecule has 0 radical (unpaired) electrons. The number of amides is 1. The molecule has 1 aliphatic carbocycles. The van der Waals surface area contributed by atoms with Gasteiger partial charge in [-0.15, -0.1) is 0 Å². The highest BCUT2D eigenvalue weighted by Gasteiger charge is 2.22. The summed E-state index contributed by atoms with van der Waals surface area (Å²) in [4.78, 5) is 11.3. The van der Waals surface area contributed by atoms with E-state index in [1.807, 2.05) is 26.0 Å². The molecule has 17 heavy (non-hydrogen) atoms. The van der Waals surface area contributed by atoms with Crippen molar-refractivity contribution in [3.63, 3.8) is 0 Å². The van der Waals surface area contributed by atoms with Gasteiger partial charge in [-0.3, -0.25) is 4.79 Å². The monoisotopic (exact) mass is 233 g/mol. The zero-order chi connectivity index (χ0) is 12.4. The Hall–Kier alpha value is -1.51. The van der Waals surface area contributed by atoms with Crippen LogP contribution < -0.4 is 10.5 Å². The van der Waals surface area contributed by atoms with Crippen LogP contribution in [0.3, 0.4) is 0 Å². The second-order valence-corrected chi connectivity index (χ2v) is 4.97. The molecule has 0 aliphatic heterocycles. The van der Waals surface area contributed by atoms with E-state index in [-0.39, 0.29) is 5.92 Å². The Morgan fingerprint density at radius 3 is 2.65 bits per heavy atom. The van der Waals surface area contributed by atoms with E-state index in [1.165, 1.54) is 17.5 Å². The van der Waals surface area contributed by atoms with E-state index < -0.39 is 12.0 Å². The Bertz CT molecular complexity index is 426. The van der Waals surface area contributed by atoms with Crippen molar-refractivity contribution in [3.05, 3.63) is 29.3 Å². The quantitative estimate of drug-likeness (QED) is 0.865.